The zero-order valence-electron chi connectivity index (χ0n) is 47.1. The van der Waals surface area contributed by atoms with E-state index in [4.69, 9.17) is 18.5 Å². The highest BCUT2D eigenvalue weighted by Crippen LogP contribution is 2.38. The van der Waals surface area contributed by atoms with Gasteiger partial charge < -0.3 is 27.9 Å². The van der Waals surface area contributed by atoms with Crippen molar-refractivity contribution in [2.45, 2.75) is 251 Å². The first-order chi connectivity index (χ1) is 35.0. The molecule has 0 fully saturated rings. The van der Waals surface area contributed by atoms with E-state index in [1.165, 1.54) is 116 Å². The minimum Gasteiger partial charge on any atom is -0.756 e. The fraction of sp³-hybridized carbons (Fsp3) is 0.742. The molecule has 9 nitrogen and oxygen atoms in total. The van der Waals surface area contributed by atoms with E-state index in [1.807, 2.05) is 21.1 Å². The van der Waals surface area contributed by atoms with Crippen molar-refractivity contribution in [2.24, 2.45) is 0 Å². The van der Waals surface area contributed by atoms with Gasteiger partial charge >= 0.3 is 11.9 Å². The van der Waals surface area contributed by atoms with Crippen LogP contribution in [-0.4, -0.2) is 70.0 Å². The molecule has 0 heterocycles. The maximum Gasteiger partial charge on any atom is 0.306 e. The van der Waals surface area contributed by atoms with Crippen molar-refractivity contribution in [2.75, 3.05) is 47.5 Å². The Morgan fingerprint density at radius 1 is 0.444 bits per heavy atom. The summed E-state index contributed by atoms with van der Waals surface area (Å²) in [6.07, 6.45) is 70.7. The number of carbonyl (C=O) groups excluding carboxylic acids is 2. The second-order valence-electron chi connectivity index (χ2n) is 20.6. The second kappa shape index (κ2) is 53.0. The van der Waals surface area contributed by atoms with Gasteiger partial charge in [-0.15, -0.1) is 0 Å². The third-order valence-electron chi connectivity index (χ3n) is 12.4. The van der Waals surface area contributed by atoms with Crippen molar-refractivity contribution in [1.82, 2.24) is 0 Å². The van der Waals surface area contributed by atoms with Crippen molar-refractivity contribution in [3.8, 4) is 0 Å². The van der Waals surface area contributed by atoms with Gasteiger partial charge in [-0.05, 0) is 89.9 Å². The Bertz CT molecular complexity index is 1490. The molecule has 0 aliphatic heterocycles. The summed E-state index contributed by atoms with van der Waals surface area (Å²) in [7, 11) is 1.16. The van der Waals surface area contributed by atoms with E-state index >= 15 is 0 Å². The molecule has 0 aromatic heterocycles. The zero-order valence-corrected chi connectivity index (χ0v) is 48.0. The summed E-state index contributed by atoms with van der Waals surface area (Å²) >= 11 is 0. The predicted molar refractivity (Wildman–Crippen MR) is 305 cm³/mol. The molecule has 0 spiro atoms. The van der Waals surface area contributed by atoms with Gasteiger partial charge in [0.1, 0.15) is 19.8 Å². The summed E-state index contributed by atoms with van der Waals surface area (Å²) in [5.41, 5.74) is 0. The molecule has 0 aliphatic rings. The molecule has 2 unspecified atom stereocenters. The lowest BCUT2D eigenvalue weighted by Gasteiger charge is -2.28. The van der Waals surface area contributed by atoms with Crippen LogP contribution in [0.2, 0.25) is 0 Å². The van der Waals surface area contributed by atoms with E-state index in [0.29, 0.717) is 17.4 Å². The van der Waals surface area contributed by atoms with Crippen LogP contribution in [0.25, 0.3) is 0 Å². The average Bonchev–Trinajstić information content (AvgIpc) is 3.34. The first kappa shape index (κ1) is 69.2. The van der Waals surface area contributed by atoms with Crippen LogP contribution in [0.15, 0.2) is 85.1 Å². The van der Waals surface area contributed by atoms with Crippen LogP contribution in [0, 0.1) is 0 Å². The van der Waals surface area contributed by atoms with Gasteiger partial charge in [0, 0.05) is 12.8 Å². The highest BCUT2D eigenvalue weighted by atomic mass is 31.2. The first-order valence-electron chi connectivity index (χ1n) is 29.3. The number of unbranched alkanes of at least 4 members (excludes halogenated alkanes) is 25. The lowest BCUT2D eigenvalue weighted by atomic mass is 10.0. The molecule has 0 saturated carbocycles. The fourth-order valence-corrected chi connectivity index (χ4v) is 8.62. The topological polar surface area (TPSA) is 111 Å². The average molecular weight is 1030 g/mol. The SMILES string of the molecule is CC/C=C\C/C=C\C/C=C\C/C=C\C/C=C\C/C=C\CCCCCCCCCCCCCCCCCCC(=O)OC(COC(=O)CCCCCCC/C=C\CCCCCC)COP(=O)([O-])OCC[N+](C)(C)C. The number of quaternary nitrogens is 1. The van der Waals surface area contributed by atoms with Crippen LogP contribution < -0.4 is 4.89 Å². The molecule has 0 saturated heterocycles. The molecule has 0 amide bonds. The number of rotatable bonds is 53. The Hall–Kier alpha value is -2.81. The van der Waals surface area contributed by atoms with Crippen LogP contribution in [0.3, 0.4) is 0 Å². The van der Waals surface area contributed by atoms with Gasteiger partial charge in [0.2, 0.25) is 0 Å². The van der Waals surface area contributed by atoms with Gasteiger partial charge in [0.25, 0.3) is 7.82 Å². The lowest BCUT2D eigenvalue weighted by molar-refractivity contribution is -0.870. The van der Waals surface area contributed by atoms with Crippen molar-refractivity contribution in [1.29, 1.82) is 0 Å². The Morgan fingerprint density at radius 3 is 1.19 bits per heavy atom. The summed E-state index contributed by atoms with van der Waals surface area (Å²) in [5.74, 6) is -0.841. The smallest absolute Gasteiger partial charge is 0.306 e. The predicted octanol–water partition coefficient (Wildman–Crippen LogP) is 17.6. The third-order valence-corrected chi connectivity index (χ3v) is 13.4. The molecule has 0 N–H and O–H groups in total. The third kappa shape index (κ3) is 56.5. The van der Waals surface area contributed by atoms with Gasteiger partial charge in [-0.1, -0.05) is 227 Å². The highest BCUT2D eigenvalue weighted by molar-refractivity contribution is 7.45. The summed E-state index contributed by atoms with van der Waals surface area (Å²) in [4.78, 5) is 37.8. The van der Waals surface area contributed by atoms with Crippen LogP contribution >= 0.6 is 7.82 Å². The number of hydrogen-bond acceptors (Lipinski definition) is 8. The van der Waals surface area contributed by atoms with Crippen LogP contribution in [0.1, 0.15) is 245 Å². The Balaban J connectivity index is 4.03. The number of nitrogens with zero attached hydrogens (tertiary/aromatic N) is 1. The molecule has 0 bridgehead atoms. The Labute approximate surface area is 443 Å². The van der Waals surface area contributed by atoms with Gasteiger partial charge in [0.15, 0.2) is 6.10 Å². The minimum atomic E-state index is -4.64. The summed E-state index contributed by atoms with van der Waals surface area (Å²) in [6, 6.07) is 0. The molecule has 72 heavy (non-hydrogen) atoms. The molecular weight excluding hydrogens is 918 g/mol. The number of carbonyl (C=O) groups is 2. The largest absolute Gasteiger partial charge is 0.756 e. The van der Waals surface area contributed by atoms with Crippen LogP contribution in [0.4, 0.5) is 0 Å². The van der Waals surface area contributed by atoms with E-state index in [9.17, 15) is 19.0 Å². The zero-order chi connectivity index (χ0) is 52.7. The fourth-order valence-electron chi connectivity index (χ4n) is 7.89. The number of allylic oxidation sites excluding steroid dienone is 14. The first-order valence-corrected chi connectivity index (χ1v) is 30.8. The van der Waals surface area contributed by atoms with Crippen molar-refractivity contribution in [3.63, 3.8) is 0 Å². The summed E-state index contributed by atoms with van der Waals surface area (Å²) in [5, 5.41) is 0. The number of esters is 2. The van der Waals surface area contributed by atoms with E-state index in [-0.39, 0.29) is 26.1 Å². The van der Waals surface area contributed by atoms with Crippen molar-refractivity contribution in [3.05, 3.63) is 85.1 Å². The summed E-state index contributed by atoms with van der Waals surface area (Å²) < 4.78 is 34.1. The highest BCUT2D eigenvalue weighted by Gasteiger charge is 2.22. The Morgan fingerprint density at radius 2 is 0.792 bits per heavy atom. The van der Waals surface area contributed by atoms with E-state index in [2.05, 4.69) is 98.9 Å². The van der Waals surface area contributed by atoms with Gasteiger partial charge in [0.05, 0.1) is 27.7 Å². The van der Waals surface area contributed by atoms with Gasteiger partial charge in [-0.25, -0.2) is 0 Å². The second-order valence-corrected chi connectivity index (χ2v) is 22.0. The molecule has 10 heteroatoms. The quantitative estimate of drug-likeness (QED) is 0.0195. The number of likely N-dealkylation sites (N-methyl/N-ethyl adjacent to an activating group) is 1. The number of phosphoric ester groups is 1. The molecule has 0 aliphatic carbocycles. The maximum absolute atomic E-state index is 12.8. The molecule has 0 aromatic rings. The molecular formula is C62H110NO8P. The standard InChI is InChI=1S/C62H110NO8P/c1-6-8-10-12-14-16-18-20-21-22-23-24-25-26-27-28-29-30-31-32-33-34-35-36-37-38-39-40-41-43-45-47-49-51-53-55-62(65)71-60(59-70-72(66,67)69-57-56-63(3,4)5)58-68-61(64)54-52-50-48-46-44-42-19-17-15-13-11-9-7-2/h8,10,14,16-17,19-21,23-24,26-27,29-30,60H,6-7,9,11-13,15,18,22,25,28,31-59H2,1-5H3/b10-8-,16-14-,19-17-,21-20-,24-23-,27-26-,30-29-. The van der Waals surface area contributed by atoms with Crippen molar-refractivity contribution >= 4 is 19.8 Å². The lowest BCUT2D eigenvalue weighted by Crippen LogP contribution is -2.37. The van der Waals surface area contributed by atoms with Crippen LogP contribution in [-0.2, 0) is 32.7 Å². The van der Waals surface area contributed by atoms with Crippen molar-refractivity contribution < 1.29 is 42.1 Å². The molecule has 2 atom stereocenters. The molecule has 0 radical (unpaired) electrons. The van der Waals surface area contributed by atoms with Gasteiger partial charge in [-0.3, -0.25) is 14.2 Å². The number of phosphoric acid groups is 1. The molecule has 0 rings (SSSR count). The number of ether oxygens (including phenoxy) is 2. The van der Waals surface area contributed by atoms with Gasteiger partial charge in [-0.2, -0.15) is 0 Å². The van der Waals surface area contributed by atoms with Crippen LogP contribution in [0.5, 0.6) is 0 Å². The molecule has 416 valence electrons. The minimum absolute atomic E-state index is 0.0337. The van der Waals surface area contributed by atoms with E-state index in [1.54, 1.807) is 0 Å². The maximum atomic E-state index is 12.8. The van der Waals surface area contributed by atoms with E-state index < -0.39 is 32.5 Å². The number of hydrogen-bond donors (Lipinski definition) is 0. The normalized spacial score (nSPS) is 13.9. The molecule has 0 aromatic carbocycles. The van der Waals surface area contributed by atoms with E-state index in [0.717, 1.165) is 96.3 Å². The Kier molecular flexibility index (Phi) is 51.0. The monoisotopic (exact) mass is 1030 g/mol. The summed E-state index contributed by atoms with van der Waals surface area (Å²) in [6.45, 7) is 4.10.